The molecule has 0 aromatic carbocycles. The minimum absolute atomic E-state index is 0.0365. The van der Waals surface area contributed by atoms with Gasteiger partial charge in [-0.15, -0.1) is 11.3 Å². The molecule has 1 aromatic rings. The Balaban J connectivity index is 2.10. The average Bonchev–Trinajstić information content (AvgIpc) is 2.49. The molecular formula is C11H19BrN2S. The first-order valence-corrected chi connectivity index (χ1v) is 6.88. The van der Waals surface area contributed by atoms with Crippen LogP contribution in [0.4, 0.5) is 0 Å². The topological polar surface area (TPSA) is 38.0 Å². The average molecular weight is 291 g/mol. The highest BCUT2D eigenvalue weighted by molar-refractivity contribution is 9.10. The van der Waals surface area contributed by atoms with Gasteiger partial charge in [-0.3, -0.25) is 0 Å². The van der Waals surface area contributed by atoms with Gasteiger partial charge in [0.25, 0.3) is 0 Å². The Hall–Kier alpha value is 0.100. The van der Waals surface area contributed by atoms with Gasteiger partial charge in [-0.1, -0.05) is 0 Å². The lowest BCUT2D eigenvalue weighted by molar-refractivity contribution is 0.448. The van der Waals surface area contributed by atoms with E-state index in [0.717, 1.165) is 25.9 Å². The molecule has 4 heteroatoms. The van der Waals surface area contributed by atoms with Crippen LogP contribution in [-0.2, 0) is 6.54 Å². The zero-order valence-corrected chi connectivity index (χ0v) is 11.7. The summed E-state index contributed by atoms with van der Waals surface area (Å²) in [6, 6.07) is 2.09. The third-order valence-corrected chi connectivity index (χ3v) is 4.08. The molecule has 1 heterocycles. The Morgan fingerprint density at radius 2 is 2.27 bits per heavy atom. The molecule has 2 nitrogen and oxygen atoms in total. The van der Waals surface area contributed by atoms with Gasteiger partial charge in [0.15, 0.2) is 0 Å². The van der Waals surface area contributed by atoms with Crippen LogP contribution < -0.4 is 11.1 Å². The van der Waals surface area contributed by atoms with Crippen LogP contribution in [0.3, 0.4) is 0 Å². The van der Waals surface area contributed by atoms with Crippen molar-refractivity contribution < 1.29 is 0 Å². The Morgan fingerprint density at radius 3 is 2.80 bits per heavy atom. The standard InChI is InChI=1S/C11H19BrN2S/c1-11(2,13)5-3-6-14-8-10-9(12)4-7-15-10/h4,7,14H,3,5-6,8,13H2,1-2H3. The van der Waals surface area contributed by atoms with E-state index in [1.54, 1.807) is 11.3 Å². The highest BCUT2D eigenvalue weighted by Gasteiger charge is 2.09. The quantitative estimate of drug-likeness (QED) is 0.790. The Bertz CT molecular complexity index is 291. The van der Waals surface area contributed by atoms with E-state index in [1.807, 2.05) is 0 Å². The number of nitrogens with one attached hydrogen (secondary N) is 1. The number of hydrogen-bond donors (Lipinski definition) is 2. The van der Waals surface area contributed by atoms with E-state index < -0.39 is 0 Å². The number of rotatable bonds is 6. The molecule has 0 bridgehead atoms. The molecule has 0 aliphatic rings. The summed E-state index contributed by atoms with van der Waals surface area (Å²) < 4.78 is 1.21. The third-order valence-electron chi connectivity index (χ3n) is 2.15. The van der Waals surface area contributed by atoms with Crippen LogP contribution in [-0.4, -0.2) is 12.1 Å². The molecule has 86 valence electrons. The van der Waals surface area contributed by atoms with Crippen molar-refractivity contribution >= 4 is 27.3 Å². The number of nitrogens with two attached hydrogens (primary N) is 1. The lowest BCUT2D eigenvalue weighted by Gasteiger charge is -2.17. The normalized spacial score (nSPS) is 12.0. The number of hydrogen-bond acceptors (Lipinski definition) is 3. The van der Waals surface area contributed by atoms with E-state index in [1.165, 1.54) is 9.35 Å². The molecule has 0 spiro atoms. The first-order chi connectivity index (χ1) is 6.99. The van der Waals surface area contributed by atoms with Crippen LogP contribution >= 0.6 is 27.3 Å². The van der Waals surface area contributed by atoms with E-state index in [0.29, 0.717) is 0 Å². The summed E-state index contributed by atoms with van der Waals surface area (Å²) in [5.41, 5.74) is 5.87. The van der Waals surface area contributed by atoms with Crippen LogP contribution in [0.1, 0.15) is 31.6 Å². The monoisotopic (exact) mass is 290 g/mol. The minimum Gasteiger partial charge on any atom is -0.326 e. The highest BCUT2D eigenvalue weighted by Crippen LogP contribution is 2.22. The summed E-state index contributed by atoms with van der Waals surface area (Å²) >= 11 is 5.30. The minimum atomic E-state index is -0.0365. The van der Waals surface area contributed by atoms with Gasteiger partial charge in [-0.05, 0) is 60.6 Å². The van der Waals surface area contributed by atoms with Gasteiger partial charge in [0.05, 0.1) is 0 Å². The van der Waals surface area contributed by atoms with Crippen LogP contribution in [0.25, 0.3) is 0 Å². The molecule has 0 atom stereocenters. The summed E-state index contributed by atoms with van der Waals surface area (Å²) in [4.78, 5) is 1.36. The lowest BCUT2D eigenvalue weighted by Crippen LogP contribution is -2.32. The maximum absolute atomic E-state index is 5.90. The van der Waals surface area contributed by atoms with E-state index >= 15 is 0 Å². The maximum atomic E-state index is 5.90. The predicted molar refractivity (Wildman–Crippen MR) is 71.2 cm³/mol. The van der Waals surface area contributed by atoms with Crippen molar-refractivity contribution in [3.05, 3.63) is 20.8 Å². The van der Waals surface area contributed by atoms with Gasteiger partial charge in [-0.2, -0.15) is 0 Å². The number of thiophene rings is 1. The fourth-order valence-electron chi connectivity index (χ4n) is 1.32. The second-order valence-electron chi connectivity index (χ2n) is 4.46. The Morgan fingerprint density at radius 1 is 1.53 bits per heavy atom. The molecule has 0 amide bonds. The first kappa shape index (κ1) is 13.2. The van der Waals surface area contributed by atoms with Crippen molar-refractivity contribution in [1.29, 1.82) is 0 Å². The number of halogens is 1. The van der Waals surface area contributed by atoms with Crippen molar-refractivity contribution in [3.63, 3.8) is 0 Å². The molecule has 15 heavy (non-hydrogen) atoms. The zero-order valence-electron chi connectivity index (χ0n) is 9.35. The van der Waals surface area contributed by atoms with Gasteiger partial charge in [0.1, 0.15) is 0 Å². The fraction of sp³-hybridized carbons (Fsp3) is 0.636. The lowest BCUT2D eigenvalue weighted by atomic mass is 10.0. The molecule has 0 saturated carbocycles. The summed E-state index contributed by atoms with van der Waals surface area (Å²) in [5, 5.41) is 5.53. The maximum Gasteiger partial charge on any atom is 0.0327 e. The molecule has 0 aliphatic carbocycles. The van der Waals surface area contributed by atoms with Gasteiger partial charge in [-0.25, -0.2) is 0 Å². The van der Waals surface area contributed by atoms with Crippen LogP contribution in [0.5, 0.6) is 0 Å². The summed E-state index contributed by atoms with van der Waals surface area (Å²) in [6.07, 6.45) is 2.19. The van der Waals surface area contributed by atoms with Crippen molar-refractivity contribution in [2.75, 3.05) is 6.54 Å². The van der Waals surface area contributed by atoms with Crippen LogP contribution in [0.15, 0.2) is 15.9 Å². The summed E-state index contributed by atoms with van der Waals surface area (Å²) in [7, 11) is 0. The molecule has 0 radical (unpaired) electrons. The smallest absolute Gasteiger partial charge is 0.0327 e. The molecule has 0 fully saturated rings. The molecule has 0 saturated heterocycles. The van der Waals surface area contributed by atoms with Crippen LogP contribution in [0, 0.1) is 0 Å². The van der Waals surface area contributed by atoms with Crippen molar-refractivity contribution in [3.8, 4) is 0 Å². The summed E-state index contributed by atoms with van der Waals surface area (Å²) in [5.74, 6) is 0. The third kappa shape index (κ3) is 5.66. The fourth-order valence-corrected chi connectivity index (χ4v) is 2.78. The van der Waals surface area contributed by atoms with Crippen molar-refractivity contribution in [2.24, 2.45) is 5.73 Å². The van der Waals surface area contributed by atoms with Gasteiger partial charge >= 0.3 is 0 Å². The molecular weight excluding hydrogens is 272 g/mol. The molecule has 0 aliphatic heterocycles. The predicted octanol–water partition coefficient (Wildman–Crippen LogP) is 3.12. The molecule has 0 unspecified atom stereocenters. The first-order valence-electron chi connectivity index (χ1n) is 5.20. The SMILES string of the molecule is CC(C)(N)CCCNCc1sccc1Br. The van der Waals surface area contributed by atoms with Crippen LogP contribution in [0.2, 0.25) is 0 Å². The van der Waals surface area contributed by atoms with Gasteiger partial charge in [0, 0.05) is 21.4 Å². The molecule has 1 rings (SSSR count). The molecule has 1 aromatic heterocycles. The summed E-state index contributed by atoms with van der Waals surface area (Å²) in [6.45, 7) is 6.12. The van der Waals surface area contributed by atoms with Crippen molar-refractivity contribution in [1.82, 2.24) is 5.32 Å². The zero-order chi connectivity index (χ0) is 11.3. The van der Waals surface area contributed by atoms with E-state index in [4.69, 9.17) is 5.73 Å². The van der Waals surface area contributed by atoms with Gasteiger partial charge < -0.3 is 11.1 Å². The van der Waals surface area contributed by atoms with Gasteiger partial charge in [0.2, 0.25) is 0 Å². The van der Waals surface area contributed by atoms with E-state index in [-0.39, 0.29) is 5.54 Å². The highest BCUT2D eigenvalue weighted by atomic mass is 79.9. The molecule has 3 N–H and O–H groups in total. The Labute approximate surface area is 104 Å². The van der Waals surface area contributed by atoms with E-state index in [2.05, 4.69) is 46.5 Å². The van der Waals surface area contributed by atoms with E-state index in [9.17, 15) is 0 Å². The largest absolute Gasteiger partial charge is 0.326 e. The Kier molecular flexibility index (Phi) is 5.26. The second kappa shape index (κ2) is 5.99. The second-order valence-corrected chi connectivity index (χ2v) is 6.32. The van der Waals surface area contributed by atoms with Crippen molar-refractivity contribution in [2.45, 2.75) is 38.8 Å².